The summed E-state index contributed by atoms with van der Waals surface area (Å²) in [6, 6.07) is 19.0. The molecule has 4 rings (SSSR count). The summed E-state index contributed by atoms with van der Waals surface area (Å²) in [6.45, 7) is 8.76. The van der Waals surface area contributed by atoms with Crippen molar-refractivity contribution < 1.29 is 23.9 Å². The Morgan fingerprint density at radius 2 is 1.74 bits per heavy atom. The molecule has 0 radical (unpaired) electrons. The Kier molecular flexibility index (Phi) is 6.64. The molecule has 1 saturated heterocycles. The molecule has 1 aromatic heterocycles. The summed E-state index contributed by atoms with van der Waals surface area (Å²) in [5.74, 6) is 2.42. The standard InChI is InChI=1S/C24H28N4O3/c1-18-16-21(26-31-18)17-27-12-14-28(15-13-27)19(2)24(29)25-20-8-10-23(11-9-20)30-22-6-4-3-5-7-22/h3-11,16,19H,12-15,17H2,1-2H3,(H,25,29)/p+2/t19-/m0/s1. The van der Waals surface area contributed by atoms with E-state index < -0.39 is 0 Å². The summed E-state index contributed by atoms with van der Waals surface area (Å²) in [7, 11) is 0. The van der Waals surface area contributed by atoms with Gasteiger partial charge < -0.3 is 24.4 Å². The first-order valence-corrected chi connectivity index (χ1v) is 10.8. The van der Waals surface area contributed by atoms with Crippen molar-refractivity contribution in [2.75, 3.05) is 31.5 Å². The average Bonchev–Trinajstić information content (AvgIpc) is 3.20. The topological polar surface area (TPSA) is 73.2 Å². The van der Waals surface area contributed by atoms with Gasteiger partial charge in [-0.15, -0.1) is 0 Å². The number of rotatable bonds is 7. The highest BCUT2D eigenvalue weighted by Crippen LogP contribution is 2.22. The molecular formula is C24H30N4O3+2. The highest BCUT2D eigenvalue weighted by atomic mass is 16.5. The largest absolute Gasteiger partial charge is 0.457 e. The number of aryl methyl sites for hydroxylation is 1. The molecule has 0 aliphatic carbocycles. The molecule has 1 aliphatic rings. The van der Waals surface area contributed by atoms with Crippen LogP contribution >= 0.6 is 0 Å². The van der Waals surface area contributed by atoms with Gasteiger partial charge in [-0.1, -0.05) is 23.4 Å². The van der Waals surface area contributed by atoms with E-state index in [2.05, 4.69) is 10.5 Å². The van der Waals surface area contributed by atoms with Gasteiger partial charge in [-0.05, 0) is 50.2 Å². The van der Waals surface area contributed by atoms with E-state index in [9.17, 15) is 4.79 Å². The van der Waals surface area contributed by atoms with Gasteiger partial charge >= 0.3 is 0 Å². The summed E-state index contributed by atoms with van der Waals surface area (Å²) in [5.41, 5.74) is 1.78. The molecule has 1 amide bonds. The van der Waals surface area contributed by atoms with Crippen molar-refractivity contribution in [2.45, 2.75) is 26.4 Å². The van der Waals surface area contributed by atoms with Crippen LogP contribution in [0, 0.1) is 6.92 Å². The third kappa shape index (κ3) is 5.71. The quantitative estimate of drug-likeness (QED) is 0.533. The third-order valence-electron chi connectivity index (χ3n) is 5.81. The maximum Gasteiger partial charge on any atom is 0.282 e. The van der Waals surface area contributed by atoms with Crippen molar-refractivity contribution in [3.63, 3.8) is 0 Å². The van der Waals surface area contributed by atoms with Gasteiger partial charge in [-0.2, -0.15) is 0 Å². The molecule has 3 N–H and O–H groups in total. The van der Waals surface area contributed by atoms with E-state index in [1.807, 2.05) is 74.5 Å². The van der Waals surface area contributed by atoms with Crippen LogP contribution in [0.2, 0.25) is 0 Å². The first-order chi connectivity index (χ1) is 15.1. The van der Waals surface area contributed by atoms with Gasteiger partial charge in [0.1, 0.15) is 55.7 Å². The van der Waals surface area contributed by atoms with Crippen LogP contribution in [-0.2, 0) is 11.3 Å². The van der Waals surface area contributed by atoms with Crippen molar-refractivity contribution in [2.24, 2.45) is 0 Å². The number of aromatic nitrogens is 1. The molecule has 162 valence electrons. The molecule has 7 nitrogen and oxygen atoms in total. The van der Waals surface area contributed by atoms with Gasteiger partial charge in [0.25, 0.3) is 5.91 Å². The molecular weight excluding hydrogens is 392 g/mol. The first-order valence-electron chi connectivity index (χ1n) is 10.8. The number of carbonyl (C=O) groups is 1. The lowest BCUT2D eigenvalue weighted by Crippen LogP contribution is -3.29. The number of piperazine rings is 1. The van der Waals surface area contributed by atoms with E-state index in [1.165, 1.54) is 9.80 Å². The van der Waals surface area contributed by atoms with Crippen molar-refractivity contribution in [1.29, 1.82) is 0 Å². The summed E-state index contributed by atoms with van der Waals surface area (Å²) >= 11 is 0. The Bertz CT molecular complexity index is 980. The van der Waals surface area contributed by atoms with Crippen molar-refractivity contribution >= 4 is 11.6 Å². The number of benzene rings is 2. The lowest BCUT2D eigenvalue weighted by molar-refractivity contribution is -1.02. The number of hydrogen-bond acceptors (Lipinski definition) is 4. The highest BCUT2D eigenvalue weighted by Gasteiger charge is 2.31. The number of hydrogen-bond donors (Lipinski definition) is 3. The number of carbonyl (C=O) groups excluding carboxylic acids is 1. The number of anilines is 1. The van der Waals surface area contributed by atoms with Gasteiger partial charge in [0, 0.05) is 11.8 Å². The van der Waals surface area contributed by atoms with Crippen LogP contribution < -0.4 is 19.9 Å². The Morgan fingerprint density at radius 1 is 1.06 bits per heavy atom. The fourth-order valence-electron chi connectivity index (χ4n) is 3.96. The Morgan fingerprint density at radius 3 is 2.39 bits per heavy atom. The summed E-state index contributed by atoms with van der Waals surface area (Å²) in [4.78, 5) is 15.6. The maximum absolute atomic E-state index is 12.8. The Hall–Kier alpha value is -3.16. The highest BCUT2D eigenvalue weighted by molar-refractivity contribution is 5.93. The van der Waals surface area contributed by atoms with Crippen LogP contribution in [0.4, 0.5) is 5.69 Å². The molecule has 0 unspecified atom stereocenters. The number of ether oxygens (including phenoxy) is 1. The molecule has 1 atom stereocenters. The van der Waals surface area contributed by atoms with Crippen LogP contribution in [0.5, 0.6) is 11.5 Å². The van der Waals surface area contributed by atoms with Gasteiger partial charge in [0.15, 0.2) is 6.04 Å². The zero-order valence-electron chi connectivity index (χ0n) is 18.1. The second-order valence-electron chi connectivity index (χ2n) is 8.16. The van der Waals surface area contributed by atoms with E-state index in [0.29, 0.717) is 0 Å². The Labute approximate surface area is 182 Å². The van der Waals surface area contributed by atoms with Crippen molar-refractivity contribution in [3.8, 4) is 11.5 Å². The molecule has 0 bridgehead atoms. The molecule has 2 aromatic carbocycles. The predicted molar refractivity (Wildman–Crippen MR) is 117 cm³/mol. The van der Waals surface area contributed by atoms with Crippen LogP contribution in [0.15, 0.2) is 65.2 Å². The second-order valence-corrected chi connectivity index (χ2v) is 8.16. The van der Waals surface area contributed by atoms with Gasteiger partial charge in [0.05, 0.1) is 0 Å². The normalized spacial score (nSPS) is 19.5. The summed E-state index contributed by atoms with van der Waals surface area (Å²) in [5, 5.41) is 7.13. The van der Waals surface area contributed by atoms with Gasteiger partial charge in [0.2, 0.25) is 0 Å². The number of quaternary nitrogens is 2. The molecule has 3 aromatic rings. The number of nitrogens with zero attached hydrogens (tertiary/aromatic N) is 1. The third-order valence-corrected chi connectivity index (χ3v) is 5.81. The minimum absolute atomic E-state index is 0.0438. The summed E-state index contributed by atoms with van der Waals surface area (Å²) < 4.78 is 11.0. The van der Waals surface area contributed by atoms with E-state index in [-0.39, 0.29) is 11.9 Å². The minimum atomic E-state index is -0.101. The van der Waals surface area contributed by atoms with Crippen LogP contribution in [0.25, 0.3) is 0 Å². The van der Waals surface area contributed by atoms with Gasteiger partial charge in [-0.25, -0.2) is 0 Å². The fraction of sp³-hybridized carbons (Fsp3) is 0.333. The predicted octanol–water partition coefficient (Wildman–Crippen LogP) is 1.09. The van der Waals surface area contributed by atoms with Crippen molar-refractivity contribution in [3.05, 3.63) is 72.1 Å². The lowest BCUT2D eigenvalue weighted by atomic mass is 10.2. The molecule has 0 spiro atoms. The molecule has 7 heteroatoms. The number of nitrogens with one attached hydrogen (secondary N) is 3. The summed E-state index contributed by atoms with van der Waals surface area (Å²) in [6.07, 6.45) is 0. The van der Waals surface area contributed by atoms with Gasteiger partial charge in [-0.3, -0.25) is 4.79 Å². The molecule has 2 heterocycles. The first kappa shape index (κ1) is 21.1. The zero-order chi connectivity index (χ0) is 21.6. The average molecular weight is 423 g/mol. The van der Waals surface area contributed by atoms with E-state index >= 15 is 0 Å². The minimum Gasteiger partial charge on any atom is -0.457 e. The maximum atomic E-state index is 12.8. The molecule has 1 aliphatic heterocycles. The van der Waals surface area contributed by atoms with Crippen LogP contribution in [0.3, 0.4) is 0 Å². The fourth-order valence-corrected chi connectivity index (χ4v) is 3.96. The monoisotopic (exact) mass is 422 g/mol. The second kappa shape index (κ2) is 9.76. The Balaban J connectivity index is 1.25. The lowest BCUT2D eigenvalue weighted by Gasteiger charge is -2.32. The van der Waals surface area contributed by atoms with E-state index in [1.54, 1.807) is 0 Å². The molecule has 0 saturated carbocycles. The van der Waals surface area contributed by atoms with E-state index in [0.717, 1.165) is 61.4 Å². The molecule has 1 fully saturated rings. The molecule has 31 heavy (non-hydrogen) atoms. The van der Waals surface area contributed by atoms with Crippen LogP contribution in [-0.4, -0.2) is 43.3 Å². The zero-order valence-corrected chi connectivity index (χ0v) is 18.1. The number of para-hydroxylation sites is 1. The number of amides is 1. The smallest absolute Gasteiger partial charge is 0.282 e. The van der Waals surface area contributed by atoms with Crippen LogP contribution in [0.1, 0.15) is 18.4 Å². The SMILES string of the molecule is Cc1cc(C[NH+]2CC[NH+]([C@@H](C)C(=O)Nc3ccc(Oc4ccccc4)cc3)CC2)no1. The van der Waals surface area contributed by atoms with Crippen molar-refractivity contribution in [1.82, 2.24) is 5.16 Å². The van der Waals surface area contributed by atoms with E-state index in [4.69, 9.17) is 9.26 Å².